The first-order valence-corrected chi connectivity index (χ1v) is 12.8. The van der Waals surface area contributed by atoms with Gasteiger partial charge in [-0.05, 0) is 56.9 Å². The summed E-state index contributed by atoms with van der Waals surface area (Å²) in [7, 11) is 0. The SMILES string of the molecule is CCOc1ccc(NC(=O)c2ccccc2SCC(=O)NCC2CCCCC2)cc1OCC. The van der Waals surface area contributed by atoms with Crippen LogP contribution in [0.25, 0.3) is 0 Å². The minimum Gasteiger partial charge on any atom is -0.490 e. The molecule has 0 radical (unpaired) electrons. The molecule has 1 fully saturated rings. The molecule has 7 heteroatoms. The Kier molecular flexibility index (Phi) is 9.94. The highest BCUT2D eigenvalue weighted by molar-refractivity contribution is 8.00. The lowest BCUT2D eigenvalue weighted by molar-refractivity contribution is -0.118. The van der Waals surface area contributed by atoms with Crippen LogP contribution < -0.4 is 20.1 Å². The molecule has 0 spiro atoms. The second kappa shape index (κ2) is 13.1. The Hall–Kier alpha value is -2.67. The highest BCUT2D eigenvalue weighted by Gasteiger charge is 2.16. The van der Waals surface area contributed by atoms with Crippen molar-refractivity contribution in [2.45, 2.75) is 50.8 Å². The fourth-order valence-electron chi connectivity index (χ4n) is 3.95. The Bertz CT molecular complexity index is 928. The maximum atomic E-state index is 13.0. The third kappa shape index (κ3) is 7.70. The van der Waals surface area contributed by atoms with E-state index < -0.39 is 0 Å². The van der Waals surface area contributed by atoms with Gasteiger partial charge in [-0.15, -0.1) is 11.8 Å². The predicted molar refractivity (Wildman–Crippen MR) is 133 cm³/mol. The number of carbonyl (C=O) groups excluding carboxylic acids is 2. The van der Waals surface area contributed by atoms with Crippen molar-refractivity contribution in [3.8, 4) is 11.5 Å². The lowest BCUT2D eigenvalue weighted by Crippen LogP contribution is -2.31. The maximum absolute atomic E-state index is 13.0. The van der Waals surface area contributed by atoms with Crippen LogP contribution >= 0.6 is 11.8 Å². The quantitative estimate of drug-likeness (QED) is 0.423. The van der Waals surface area contributed by atoms with E-state index in [-0.39, 0.29) is 17.6 Å². The fourth-order valence-corrected chi connectivity index (χ4v) is 4.83. The molecule has 2 amide bonds. The smallest absolute Gasteiger partial charge is 0.256 e. The van der Waals surface area contributed by atoms with E-state index in [0.717, 1.165) is 11.4 Å². The van der Waals surface area contributed by atoms with Crippen molar-refractivity contribution < 1.29 is 19.1 Å². The topological polar surface area (TPSA) is 76.7 Å². The van der Waals surface area contributed by atoms with Crippen LogP contribution in [0.4, 0.5) is 5.69 Å². The molecule has 0 saturated heterocycles. The summed E-state index contributed by atoms with van der Waals surface area (Å²) >= 11 is 1.38. The Morgan fingerprint density at radius 1 is 0.970 bits per heavy atom. The number of benzene rings is 2. The minimum absolute atomic E-state index is 0.00801. The molecule has 1 aliphatic rings. The molecule has 0 unspecified atom stereocenters. The Balaban J connectivity index is 1.59. The van der Waals surface area contributed by atoms with E-state index in [1.807, 2.05) is 32.0 Å². The van der Waals surface area contributed by atoms with Crippen LogP contribution in [0.1, 0.15) is 56.3 Å². The summed E-state index contributed by atoms with van der Waals surface area (Å²) in [6, 6.07) is 12.7. The zero-order valence-corrected chi connectivity index (χ0v) is 20.3. The van der Waals surface area contributed by atoms with Gasteiger partial charge in [-0.25, -0.2) is 0 Å². The summed E-state index contributed by atoms with van der Waals surface area (Å²) in [5.74, 6) is 1.90. The van der Waals surface area contributed by atoms with Gasteiger partial charge in [0.1, 0.15) is 0 Å². The first-order chi connectivity index (χ1) is 16.1. The van der Waals surface area contributed by atoms with E-state index in [9.17, 15) is 9.59 Å². The number of nitrogens with one attached hydrogen (secondary N) is 2. The van der Waals surface area contributed by atoms with Gasteiger partial charge in [-0.2, -0.15) is 0 Å². The van der Waals surface area contributed by atoms with E-state index in [2.05, 4.69) is 10.6 Å². The van der Waals surface area contributed by atoms with Crippen molar-refractivity contribution in [1.82, 2.24) is 5.32 Å². The van der Waals surface area contributed by atoms with Crippen LogP contribution in [0.2, 0.25) is 0 Å². The average Bonchev–Trinajstić information content (AvgIpc) is 2.84. The van der Waals surface area contributed by atoms with Crippen LogP contribution in [0.5, 0.6) is 11.5 Å². The van der Waals surface area contributed by atoms with Crippen molar-refractivity contribution in [1.29, 1.82) is 0 Å². The largest absolute Gasteiger partial charge is 0.490 e. The summed E-state index contributed by atoms with van der Waals surface area (Å²) < 4.78 is 11.2. The zero-order chi connectivity index (χ0) is 23.5. The Labute approximate surface area is 200 Å². The molecule has 1 aliphatic carbocycles. The van der Waals surface area contributed by atoms with Crippen molar-refractivity contribution in [2.24, 2.45) is 5.92 Å². The first-order valence-electron chi connectivity index (χ1n) is 11.8. The highest BCUT2D eigenvalue weighted by Crippen LogP contribution is 2.31. The molecule has 1 saturated carbocycles. The number of hydrogen-bond donors (Lipinski definition) is 2. The van der Waals surface area contributed by atoms with Gasteiger partial charge < -0.3 is 20.1 Å². The zero-order valence-electron chi connectivity index (χ0n) is 19.5. The summed E-state index contributed by atoms with van der Waals surface area (Å²) in [6.07, 6.45) is 6.24. The fraction of sp³-hybridized carbons (Fsp3) is 0.462. The molecule has 178 valence electrons. The van der Waals surface area contributed by atoms with E-state index in [4.69, 9.17) is 9.47 Å². The monoisotopic (exact) mass is 470 g/mol. The number of carbonyl (C=O) groups is 2. The number of ether oxygens (including phenoxy) is 2. The number of thioether (sulfide) groups is 1. The van der Waals surface area contributed by atoms with E-state index in [0.29, 0.717) is 41.9 Å². The van der Waals surface area contributed by atoms with Crippen LogP contribution in [-0.4, -0.2) is 37.3 Å². The molecule has 33 heavy (non-hydrogen) atoms. The molecule has 0 aromatic heterocycles. The van der Waals surface area contributed by atoms with Crippen LogP contribution in [0.3, 0.4) is 0 Å². The normalized spacial score (nSPS) is 13.9. The lowest BCUT2D eigenvalue weighted by atomic mass is 9.89. The third-order valence-electron chi connectivity index (χ3n) is 5.60. The molecule has 0 heterocycles. The minimum atomic E-state index is -0.229. The first kappa shape index (κ1) is 25.0. The molecule has 0 atom stereocenters. The number of rotatable bonds is 11. The van der Waals surface area contributed by atoms with Gasteiger partial charge in [-0.3, -0.25) is 9.59 Å². The second-order valence-electron chi connectivity index (χ2n) is 8.07. The summed E-state index contributed by atoms with van der Waals surface area (Å²) in [5, 5.41) is 5.99. The van der Waals surface area contributed by atoms with E-state index in [1.165, 1.54) is 43.9 Å². The molecule has 3 rings (SSSR count). The number of anilines is 1. The lowest BCUT2D eigenvalue weighted by Gasteiger charge is -2.21. The molecular formula is C26H34N2O4S. The number of amides is 2. The van der Waals surface area contributed by atoms with Crippen molar-refractivity contribution in [3.63, 3.8) is 0 Å². The van der Waals surface area contributed by atoms with Crippen molar-refractivity contribution >= 4 is 29.3 Å². The summed E-state index contributed by atoms with van der Waals surface area (Å²) in [4.78, 5) is 26.1. The molecular weight excluding hydrogens is 436 g/mol. The van der Waals surface area contributed by atoms with E-state index >= 15 is 0 Å². The molecule has 2 N–H and O–H groups in total. The van der Waals surface area contributed by atoms with Crippen LogP contribution in [-0.2, 0) is 4.79 Å². The van der Waals surface area contributed by atoms with Gasteiger partial charge in [0, 0.05) is 23.2 Å². The van der Waals surface area contributed by atoms with Gasteiger partial charge in [0.25, 0.3) is 5.91 Å². The van der Waals surface area contributed by atoms with Crippen molar-refractivity contribution in [3.05, 3.63) is 48.0 Å². The summed E-state index contributed by atoms with van der Waals surface area (Å²) in [5.41, 5.74) is 1.16. The maximum Gasteiger partial charge on any atom is 0.256 e. The van der Waals surface area contributed by atoms with Crippen molar-refractivity contribution in [2.75, 3.05) is 30.8 Å². The molecule has 0 aliphatic heterocycles. The molecule has 0 bridgehead atoms. The van der Waals surface area contributed by atoms with E-state index in [1.54, 1.807) is 24.3 Å². The van der Waals surface area contributed by atoms with Gasteiger partial charge in [0.2, 0.25) is 5.91 Å². The Morgan fingerprint density at radius 3 is 2.45 bits per heavy atom. The Morgan fingerprint density at radius 2 is 1.70 bits per heavy atom. The average molecular weight is 471 g/mol. The number of hydrogen-bond acceptors (Lipinski definition) is 5. The molecule has 2 aromatic carbocycles. The van der Waals surface area contributed by atoms with Gasteiger partial charge in [-0.1, -0.05) is 31.4 Å². The van der Waals surface area contributed by atoms with Gasteiger partial charge in [0.05, 0.1) is 24.5 Å². The third-order valence-corrected chi connectivity index (χ3v) is 6.68. The van der Waals surface area contributed by atoms with Crippen LogP contribution in [0, 0.1) is 5.92 Å². The predicted octanol–water partition coefficient (Wildman–Crippen LogP) is 5.52. The summed E-state index contributed by atoms with van der Waals surface area (Å²) in [6.45, 7) is 5.60. The van der Waals surface area contributed by atoms with Gasteiger partial charge >= 0.3 is 0 Å². The molecule has 2 aromatic rings. The standard InChI is InChI=1S/C26H34N2O4S/c1-3-31-22-15-14-20(16-23(22)32-4-2)28-26(30)21-12-8-9-13-24(21)33-18-25(29)27-17-19-10-6-5-7-11-19/h8-9,12-16,19H,3-7,10-11,17-18H2,1-2H3,(H,27,29)(H,28,30). The molecule has 6 nitrogen and oxygen atoms in total. The second-order valence-corrected chi connectivity index (χ2v) is 9.09. The van der Waals surface area contributed by atoms with Gasteiger partial charge in [0.15, 0.2) is 11.5 Å². The van der Waals surface area contributed by atoms with Crippen LogP contribution in [0.15, 0.2) is 47.4 Å². The highest BCUT2D eigenvalue weighted by atomic mass is 32.2.